The fourth-order valence-electron chi connectivity index (χ4n) is 4.45. The van der Waals surface area contributed by atoms with Gasteiger partial charge in [-0.25, -0.2) is 14.4 Å². The first-order chi connectivity index (χ1) is 16.8. The summed E-state index contributed by atoms with van der Waals surface area (Å²) in [5.41, 5.74) is -0.289. The topological polar surface area (TPSA) is 44.8 Å². The lowest BCUT2D eigenvalue weighted by atomic mass is 9.92. The Kier molecular flexibility index (Phi) is 5.66. The molecule has 0 aliphatic carbocycles. The molecular formula is C24H16ClF7N4. The molecule has 1 atom stereocenters. The van der Waals surface area contributed by atoms with Crippen molar-refractivity contribution in [2.24, 2.45) is 0 Å². The number of rotatable bonds is 2. The maximum Gasteiger partial charge on any atom is 0.433 e. The quantitative estimate of drug-likeness (QED) is 0.279. The number of anilines is 1. The molecule has 1 aliphatic heterocycles. The summed E-state index contributed by atoms with van der Waals surface area (Å²) in [5.74, 6) is -1.38. The van der Waals surface area contributed by atoms with Crippen molar-refractivity contribution in [3.8, 4) is 0 Å². The highest BCUT2D eigenvalue weighted by Crippen LogP contribution is 2.42. The van der Waals surface area contributed by atoms with E-state index in [4.69, 9.17) is 11.6 Å². The molecule has 5 rings (SSSR count). The predicted molar refractivity (Wildman–Crippen MR) is 119 cm³/mol. The van der Waals surface area contributed by atoms with Crippen LogP contribution in [-0.2, 0) is 18.8 Å². The Labute approximate surface area is 204 Å². The normalized spacial score (nSPS) is 16.5. The van der Waals surface area contributed by atoms with Crippen molar-refractivity contribution in [1.82, 2.24) is 15.0 Å². The summed E-state index contributed by atoms with van der Waals surface area (Å²) in [6.07, 6.45) is -10.0. The Bertz CT molecular complexity index is 1430. The number of nitrogens with zero attached hydrogens (tertiary/aromatic N) is 3. The lowest BCUT2D eigenvalue weighted by molar-refractivity contribution is -0.147. The molecule has 0 radical (unpaired) electrons. The summed E-state index contributed by atoms with van der Waals surface area (Å²) in [4.78, 5) is 11.4. The van der Waals surface area contributed by atoms with E-state index in [0.717, 1.165) is 11.1 Å². The first-order valence-corrected chi connectivity index (χ1v) is 11.1. The standard InChI is InChI=1S/C24H16ClF7N4/c1-11-2-4-12(5-3-11)21-20-13(14-8-15(25)16(26)9-17(14)33-20)6-7-36(21)22-34-18(23(27,28)29)10-19(35-22)24(30,31)32/h2-5,8-10,21,33H,6-7H2,1H3. The van der Waals surface area contributed by atoms with E-state index < -0.39 is 41.5 Å². The van der Waals surface area contributed by atoms with Gasteiger partial charge in [-0.15, -0.1) is 0 Å². The van der Waals surface area contributed by atoms with Crippen LogP contribution >= 0.6 is 11.6 Å². The summed E-state index contributed by atoms with van der Waals surface area (Å²) in [6.45, 7) is 1.85. The maximum absolute atomic E-state index is 14.1. The molecule has 12 heteroatoms. The third-order valence-electron chi connectivity index (χ3n) is 6.11. The molecule has 4 nitrogen and oxygen atoms in total. The third-order valence-corrected chi connectivity index (χ3v) is 6.40. The molecule has 188 valence electrons. The van der Waals surface area contributed by atoms with E-state index in [2.05, 4.69) is 15.0 Å². The first-order valence-electron chi connectivity index (χ1n) is 10.7. The largest absolute Gasteiger partial charge is 0.433 e. The lowest BCUT2D eigenvalue weighted by Crippen LogP contribution is -2.38. The van der Waals surface area contributed by atoms with Crippen LogP contribution < -0.4 is 4.90 Å². The van der Waals surface area contributed by atoms with Crippen molar-refractivity contribution in [2.45, 2.75) is 31.7 Å². The Balaban J connectivity index is 1.74. The Hall–Kier alpha value is -3.34. The fourth-order valence-corrected chi connectivity index (χ4v) is 4.61. The Morgan fingerprint density at radius 2 is 1.56 bits per heavy atom. The smallest absolute Gasteiger partial charge is 0.356 e. The minimum Gasteiger partial charge on any atom is -0.356 e. The SMILES string of the molecule is Cc1ccc(C2c3[nH]c4cc(F)c(Cl)cc4c3CCN2c2nc(C(F)(F)F)cc(C(F)(F)F)n2)cc1. The number of fused-ring (bicyclic) bond motifs is 3. The number of H-pyrrole nitrogens is 1. The summed E-state index contributed by atoms with van der Waals surface area (Å²) in [7, 11) is 0. The molecule has 1 unspecified atom stereocenters. The van der Waals surface area contributed by atoms with Crippen molar-refractivity contribution in [1.29, 1.82) is 0 Å². The number of hydrogen-bond acceptors (Lipinski definition) is 3. The average Bonchev–Trinajstić information content (AvgIpc) is 3.15. The highest BCUT2D eigenvalue weighted by atomic mass is 35.5. The van der Waals surface area contributed by atoms with Gasteiger partial charge in [-0.1, -0.05) is 41.4 Å². The van der Waals surface area contributed by atoms with Crippen molar-refractivity contribution in [3.63, 3.8) is 0 Å². The van der Waals surface area contributed by atoms with Gasteiger partial charge in [0.15, 0.2) is 11.4 Å². The van der Waals surface area contributed by atoms with E-state index in [1.54, 1.807) is 24.3 Å². The number of nitrogens with one attached hydrogen (secondary N) is 1. The van der Waals surface area contributed by atoms with Crippen LogP contribution in [0, 0.1) is 12.7 Å². The third kappa shape index (κ3) is 4.25. The molecular weight excluding hydrogens is 513 g/mol. The van der Waals surface area contributed by atoms with Gasteiger partial charge in [-0.05, 0) is 42.7 Å². The van der Waals surface area contributed by atoms with Crippen LogP contribution in [0.25, 0.3) is 10.9 Å². The van der Waals surface area contributed by atoms with Gasteiger partial charge in [0, 0.05) is 23.1 Å². The van der Waals surface area contributed by atoms with Crippen molar-refractivity contribution in [2.75, 3.05) is 11.4 Å². The summed E-state index contributed by atoms with van der Waals surface area (Å²) < 4.78 is 95.1. The van der Waals surface area contributed by atoms with E-state index in [9.17, 15) is 30.7 Å². The minimum atomic E-state index is -5.12. The second kappa shape index (κ2) is 8.36. The zero-order chi connectivity index (χ0) is 26.0. The molecule has 0 saturated carbocycles. The number of aromatic nitrogens is 3. The summed E-state index contributed by atoms with van der Waals surface area (Å²) >= 11 is 5.97. The van der Waals surface area contributed by atoms with Gasteiger partial charge in [0.05, 0.1) is 11.1 Å². The van der Waals surface area contributed by atoms with E-state index in [1.165, 1.54) is 17.0 Å². The van der Waals surface area contributed by atoms with Crippen LogP contribution in [0.5, 0.6) is 0 Å². The lowest BCUT2D eigenvalue weighted by Gasteiger charge is -2.36. The van der Waals surface area contributed by atoms with Gasteiger partial charge in [0.2, 0.25) is 5.95 Å². The van der Waals surface area contributed by atoms with E-state index in [1.807, 2.05) is 6.92 Å². The molecule has 1 aliphatic rings. The average molecular weight is 529 g/mol. The van der Waals surface area contributed by atoms with Crippen LogP contribution in [0.15, 0.2) is 42.5 Å². The number of hydrogen-bond donors (Lipinski definition) is 1. The van der Waals surface area contributed by atoms with Crippen LogP contribution in [0.4, 0.5) is 36.7 Å². The molecule has 1 N–H and O–H groups in total. The first kappa shape index (κ1) is 24.4. The molecule has 4 aromatic rings. The van der Waals surface area contributed by atoms with E-state index in [-0.39, 0.29) is 24.1 Å². The monoisotopic (exact) mass is 528 g/mol. The van der Waals surface area contributed by atoms with Crippen molar-refractivity contribution in [3.05, 3.63) is 87.1 Å². The van der Waals surface area contributed by atoms with E-state index in [0.29, 0.717) is 22.2 Å². The number of benzene rings is 2. The van der Waals surface area contributed by atoms with Crippen molar-refractivity contribution < 1.29 is 30.7 Å². The molecule has 0 saturated heterocycles. The van der Waals surface area contributed by atoms with Gasteiger partial charge < -0.3 is 9.88 Å². The molecule has 36 heavy (non-hydrogen) atoms. The zero-order valence-electron chi connectivity index (χ0n) is 18.4. The molecule has 0 amide bonds. The number of aryl methyl sites for hydroxylation is 1. The fraction of sp³-hybridized carbons (Fsp3) is 0.250. The summed E-state index contributed by atoms with van der Waals surface area (Å²) in [5, 5.41) is 0.517. The highest BCUT2D eigenvalue weighted by Gasteiger charge is 2.42. The second-order valence-electron chi connectivity index (χ2n) is 8.52. The summed E-state index contributed by atoms with van der Waals surface area (Å²) in [6, 6.07) is 8.67. The Morgan fingerprint density at radius 3 is 2.14 bits per heavy atom. The predicted octanol–water partition coefficient (Wildman–Crippen LogP) is 7.25. The van der Waals surface area contributed by atoms with Crippen LogP contribution in [-0.4, -0.2) is 21.5 Å². The van der Waals surface area contributed by atoms with Gasteiger partial charge in [0.1, 0.15) is 5.82 Å². The van der Waals surface area contributed by atoms with Gasteiger partial charge in [0.25, 0.3) is 0 Å². The van der Waals surface area contributed by atoms with Crippen molar-refractivity contribution >= 4 is 28.5 Å². The molecule has 0 spiro atoms. The van der Waals surface area contributed by atoms with Gasteiger partial charge >= 0.3 is 12.4 Å². The molecule has 0 fully saturated rings. The van der Waals surface area contributed by atoms with E-state index >= 15 is 0 Å². The molecule has 0 bridgehead atoms. The molecule has 3 heterocycles. The minimum absolute atomic E-state index is 0.00605. The number of aromatic amines is 1. The zero-order valence-corrected chi connectivity index (χ0v) is 19.2. The molecule has 2 aromatic carbocycles. The Morgan fingerprint density at radius 1 is 0.944 bits per heavy atom. The van der Waals surface area contributed by atoms with Gasteiger partial charge in [-0.3, -0.25) is 0 Å². The van der Waals surface area contributed by atoms with Crippen LogP contribution in [0.3, 0.4) is 0 Å². The van der Waals surface area contributed by atoms with Crippen LogP contribution in [0.2, 0.25) is 5.02 Å². The highest BCUT2D eigenvalue weighted by molar-refractivity contribution is 6.31. The number of alkyl halides is 6. The number of halogens is 8. The second-order valence-corrected chi connectivity index (χ2v) is 8.93. The van der Waals surface area contributed by atoms with Crippen LogP contribution in [0.1, 0.15) is 39.8 Å². The van der Waals surface area contributed by atoms with Gasteiger partial charge in [-0.2, -0.15) is 26.3 Å². The molecule has 2 aromatic heterocycles. The maximum atomic E-state index is 14.1.